The Hall–Kier alpha value is -5.02. The summed E-state index contributed by atoms with van der Waals surface area (Å²) in [5.74, 6) is -0.0468. The molecule has 1 atom stereocenters. The van der Waals surface area contributed by atoms with Crippen LogP contribution < -0.4 is 20.7 Å². The summed E-state index contributed by atoms with van der Waals surface area (Å²) in [6, 6.07) is 14.2. The van der Waals surface area contributed by atoms with Crippen LogP contribution in [0.5, 0.6) is 5.75 Å². The van der Waals surface area contributed by atoms with Crippen LogP contribution in [0.3, 0.4) is 0 Å². The lowest BCUT2D eigenvalue weighted by Crippen LogP contribution is -2.45. The molecule has 0 aliphatic carbocycles. The van der Waals surface area contributed by atoms with Crippen LogP contribution >= 0.6 is 23.2 Å². The molecule has 2 aromatic carbocycles. The van der Waals surface area contributed by atoms with E-state index < -0.39 is 17.5 Å². The van der Waals surface area contributed by atoms with Gasteiger partial charge in [0.2, 0.25) is 11.8 Å². The fourth-order valence-electron chi connectivity index (χ4n) is 7.17. The van der Waals surface area contributed by atoms with E-state index in [1.165, 1.54) is 7.11 Å². The highest BCUT2D eigenvalue weighted by atomic mass is 35.5. The standard InChI is InChI=1S/C43H50Cl2FN7O6/c1-43(2,3)59-42(56)53(24-30-11-12-35(54)50-30)23-28-10-9-26(21-34(28)58-5)40-38(45)32(14-18-47-40)31-7-6-8-33(37(31)44)51-41-39(46)27(13-17-48-41)22-49-29-15-19-52(20-16-29)36(55)25-57-4/h6-10,13-14,17-18,21,29-30,49H,11-12,15-16,19-20,22-25H2,1-5H3,(H,48,51)(H,50,54)/t30-/m0/s1. The number of halogens is 3. The summed E-state index contributed by atoms with van der Waals surface area (Å²) < 4.78 is 32.3. The molecule has 13 nitrogen and oxygen atoms in total. The number of likely N-dealkylation sites (tertiary alicyclic amines) is 1. The number of nitrogens with one attached hydrogen (secondary N) is 3. The monoisotopic (exact) mass is 849 g/mol. The number of hydrogen-bond donors (Lipinski definition) is 3. The lowest BCUT2D eigenvalue weighted by Gasteiger charge is -2.32. The number of carbonyl (C=O) groups is 3. The maximum Gasteiger partial charge on any atom is 0.410 e. The van der Waals surface area contributed by atoms with Gasteiger partial charge >= 0.3 is 6.09 Å². The van der Waals surface area contributed by atoms with Gasteiger partial charge in [-0.05, 0) is 64.3 Å². The van der Waals surface area contributed by atoms with Crippen LogP contribution in [-0.4, -0.2) is 95.8 Å². The maximum atomic E-state index is 15.8. The van der Waals surface area contributed by atoms with Crippen LogP contribution in [0, 0.1) is 5.82 Å². The van der Waals surface area contributed by atoms with Crippen molar-refractivity contribution in [2.45, 2.75) is 77.2 Å². The lowest BCUT2D eigenvalue weighted by molar-refractivity contribution is -0.136. The molecule has 0 bridgehead atoms. The first-order valence-electron chi connectivity index (χ1n) is 19.5. The number of benzene rings is 2. The summed E-state index contributed by atoms with van der Waals surface area (Å²) in [5, 5.41) is 10.1. The Morgan fingerprint density at radius 1 is 0.983 bits per heavy atom. The molecule has 0 saturated carbocycles. The van der Waals surface area contributed by atoms with Crippen molar-refractivity contribution >= 4 is 52.6 Å². The average molecular weight is 851 g/mol. The zero-order chi connectivity index (χ0) is 42.3. The second-order valence-corrected chi connectivity index (χ2v) is 16.4. The molecule has 2 saturated heterocycles. The van der Waals surface area contributed by atoms with Gasteiger partial charge < -0.3 is 40.0 Å². The van der Waals surface area contributed by atoms with Crippen LogP contribution in [0.4, 0.5) is 20.7 Å². The highest BCUT2D eigenvalue weighted by molar-refractivity contribution is 6.39. The van der Waals surface area contributed by atoms with E-state index in [1.54, 1.807) is 80.4 Å². The minimum Gasteiger partial charge on any atom is -0.496 e. The predicted molar refractivity (Wildman–Crippen MR) is 225 cm³/mol. The Kier molecular flexibility index (Phi) is 14.3. The molecule has 2 fully saturated rings. The third-order valence-electron chi connectivity index (χ3n) is 10.2. The van der Waals surface area contributed by atoms with Crippen molar-refractivity contribution in [3.63, 3.8) is 0 Å². The van der Waals surface area contributed by atoms with Crippen molar-refractivity contribution in [1.29, 1.82) is 0 Å². The van der Waals surface area contributed by atoms with Gasteiger partial charge in [0.15, 0.2) is 11.6 Å². The van der Waals surface area contributed by atoms with E-state index in [9.17, 15) is 14.4 Å². The Balaban J connectivity index is 1.18. The van der Waals surface area contributed by atoms with E-state index in [-0.39, 0.29) is 56.0 Å². The fourth-order valence-corrected chi connectivity index (χ4v) is 7.76. The molecule has 4 heterocycles. The molecule has 16 heteroatoms. The summed E-state index contributed by atoms with van der Waals surface area (Å²) in [4.78, 5) is 49.6. The molecule has 2 aromatic heterocycles. The van der Waals surface area contributed by atoms with Gasteiger partial charge in [0.05, 0.1) is 35.1 Å². The number of piperidine rings is 1. The zero-order valence-corrected chi connectivity index (χ0v) is 35.4. The number of ether oxygens (including phenoxy) is 3. The Morgan fingerprint density at radius 3 is 2.42 bits per heavy atom. The molecule has 0 unspecified atom stereocenters. The van der Waals surface area contributed by atoms with Crippen molar-refractivity contribution in [3.8, 4) is 28.1 Å². The van der Waals surface area contributed by atoms with Crippen LogP contribution in [0.2, 0.25) is 10.0 Å². The summed E-state index contributed by atoms with van der Waals surface area (Å²) in [6.07, 6.45) is 5.22. The molecule has 3 N–H and O–H groups in total. The number of anilines is 2. The molecule has 3 amide bonds. The lowest BCUT2D eigenvalue weighted by atomic mass is 10.0. The minimum absolute atomic E-state index is 0.0234. The number of methoxy groups -OCH3 is 2. The zero-order valence-electron chi connectivity index (χ0n) is 33.9. The first-order chi connectivity index (χ1) is 28.2. The molecule has 314 valence electrons. The van der Waals surface area contributed by atoms with Gasteiger partial charge in [-0.2, -0.15) is 0 Å². The number of carbonyl (C=O) groups excluding carboxylic acids is 3. The van der Waals surface area contributed by atoms with E-state index in [0.29, 0.717) is 75.4 Å². The van der Waals surface area contributed by atoms with Gasteiger partial charge in [-0.25, -0.2) is 14.2 Å². The number of hydrogen-bond acceptors (Lipinski definition) is 10. The van der Waals surface area contributed by atoms with Gasteiger partial charge in [0.25, 0.3) is 0 Å². The van der Waals surface area contributed by atoms with Crippen LogP contribution in [0.25, 0.3) is 22.4 Å². The highest BCUT2D eigenvalue weighted by Gasteiger charge is 2.30. The molecule has 2 aliphatic rings. The Bertz CT molecular complexity index is 2160. The fraction of sp³-hybridized carbons (Fsp3) is 0.419. The molecule has 0 radical (unpaired) electrons. The van der Waals surface area contributed by atoms with Gasteiger partial charge in [0.1, 0.15) is 18.0 Å². The molecule has 59 heavy (non-hydrogen) atoms. The number of aromatic nitrogens is 2. The maximum absolute atomic E-state index is 15.8. The van der Waals surface area contributed by atoms with Crippen molar-refractivity contribution in [3.05, 3.63) is 87.9 Å². The molecule has 6 rings (SSSR count). The quantitative estimate of drug-likeness (QED) is 0.115. The first-order valence-corrected chi connectivity index (χ1v) is 20.3. The third-order valence-corrected chi connectivity index (χ3v) is 11.0. The highest BCUT2D eigenvalue weighted by Crippen LogP contribution is 2.42. The van der Waals surface area contributed by atoms with Crippen molar-refractivity contribution in [2.75, 3.05) is 45.8 Å². The van der Waals surface area contributed by atoms with E-state index in [1.807, 2.05) is 18.2 Å². The van der Waals surface area contributed by atoms with Crippen molar-refractivity contribution in [1.82, 2.24) is 30.4 Å². The van der Waals surface area contributed by atoms with E-state index in [0.717, 1.165) is 18.4 Å². The first kappa shape index (κ1) is 43.6. The molecular weight excluding hydrogens is 800 g/mol. The summed E-state index contributed by atoms with van der Waals surface area (Å²) in [7, 11) is 3.05. The SMILES string of the molecule is COCC(=O)N1CCC(NCc2ccnc(Nc3cccc(-c4ccnc(-c5ccc(CN(C[C@@H]6CCC(=O)N6)C(=O)OC(C)(C)C)c(OC)c5)c4Cl)c3Cl)c2F)CC1. The molecular formula is C43H50Cl2FN7O6. The smallest absolute Gasteiger partial charge is 0.410 e. The summed E-state index contributed by atoms with van der Waals surface area (Å²) in [5.41, 5.74) is 3.21. The summed E-state index contributed by atoms with van der Waals surface area (Å²) in [6.45, 7) is 7.45. The number of amides is 3. The largest absolute Gasteiger partial charge is 0.496 e. The van der Waals surface area contributed by atoms with Crippen molar-refractivity contribution < 1.29 is 33.0 Å². The number of rotatable bonds is 14. The van der Waals surface area contributed by atoms with Crippen LogP contribution in [0.1, 0.15) is 57.6 Å². The van der Waals surface area contributed by atoms with Gasteiger partial charge in [0, 0.05) is 92.0 Å². The molecule has 2 aliphatic heterocycles. The third kappa shape index (κ3) is 11.0. The Morgan fingerprint density at radius 2 is 1.73 bits per heavy atom. The van der Waals surface area contributed by atoms with Crippen LogP contribution in [0.15, 0.2) is 60.9 Å². The molecule has 4 aromatic rings. The van der Waals surface area contributed by atoms with Gasteiger partial charge in [-0.3, -0.25) is 14.6 Å². The number of nitrogens with zero attached hydrogens (tertiary/aromatic N) is 4. The van der Waals surface area contributed by atoms with Crippen LogP contribution in [-0.2, 0) is 32.2 Å². The molecule has 0 spiro atoms. The average Bonchev–Trinajstić information content (AvgIpc) is 3.62. The normalized spacial score (nSPS) is 15.8. The topological polar surface area (TPSA) is 147 Å². The Labute approximate surface area is 353 Å². The van der Waals surface area contributed by atoms with Gasteiger partial charge in [-0.1, -0.05) is 47.5 Å². The van der Waals surface area contributed by atoms with E-state index in [2.05, 4.69) is 25.9 Å². The second-order valence-electron chi connectivity index (χ2n) is 15.6. The second kappa shape index (κ2) is 19.4. The predicted octanol–water partition coefficient (Wildman–Crippen LogP) is 7.75. The van der Waals surface area contributed by atoms with E-state index >= 15 is 4.39 Å². The van der Waals surface area contributed by atoms with E-state index in [4.69, 9.17) is 37.4 Å². The van der Waals surface area contributed by atoms with Crippen molar-refractivity contribution in [2.24, 2.45) is 0 Å². The number of pyridine rings is 2. The summed E-state index contributed by atoms with van der Waals surface area (Å²) >= 11 is 14.1. The minimum atomic E-state index is -0.710. The van der Waals surface area contributed by atoms with Gasteiger partial charge in [-0.15, -0.1) is 0 Å².